The molecule has 0 radical (unpaired) electrons. The van der Waals surface area contributed by atoms with Crippen molar-refractivity contribution in [1.29, 1.82) is 0 Å². The van der Waals surface area contributed by atoms with E-state index in [0.29, 0.717) is 5.92 Å². The van der Waals surface area contributed by atoms with Gasteiger partial charge in [0.2, 0.25) is 0 Å². The fourth-order valence-corrected chi connectivity index (χ4v) is 3.41. The van der Waals surface area contributed by atoms with Crippen LogP contribution >= 0.6 is 0 Å². The Morgan fingerprint density at radius 1 is 1.30 bits per heavy atom. The van der Waals surface area contributed by atoms with Crippen LogP contribution in [0.25, 0.3) is 5.65 Å². The standard InChI is InChI=1S/C16H23N7/c1-22-11-13(9-21-22)14-10-20-16-15(18-6-7-23(14)16)19-8-12-2-4-17-5-3-12/h6-7,9-10,12-13,17H,2-5,8,11H2,1H3,(H,18,19). The monoisotopic (exact) mass is 313 g/mol. The molecule has 23 heavy (non-hydrogen) atoms. The van der Waals surface area contributed by atoms with Crippen molar-refractivity contribution in [2.75, 3.05) is 38.5 Å². The van der Waals surface area contributed by atoms with E-state index in [9.17, 15) is 0 Å². The number of aromatic nitrogens is 3. The number of hydrogen-bond acceptors (Lipinski definition) is 6. The minimum Gasteiger partial charge on any atom is -0.367 e. The van der Waals surface area contributed by atoms with Crippen LogP contribution < -0.4 is 10.6 Å². The highest BCUT2D eigenvalue weighted by Gasteiger charge is 2.21. The number of piperidine rings is 1. The largest absolute Gasteiger partial charge is 0.367 e. The van der Waals surface area contributed by atoms with E-state index in [4.69, 9.17) is 0 Å². The number of hydrogen-bond donors (Lipinski definition) is 2. The molecule has 0 aliphatic carbocycles. The van der Waals surface area contributed by atoms with E-state index < -0.39 is 0 Å². The number of likely N-dealkylation sites (N-methyl/N-ethyl adjacent to an activating group) is 1. The van der Waals surface area contributed by atoms with Crippen molar-refractivity contribution in [1.82, 2.24) is 24.7 Å². The second kappa shape index (κ2) is 6.16. The molecule has 2 aromatic heterocycles. The third-order valence-corrected chi connectivity index (χ3v) is 4.76. The molecule has 4 rings (SSSR count). The van der Waals surface area contributed by atoms with Crippen molar-refractivity contribution in [2.24, 2.45) is 11.0 Å². The van der Waals surface area contributed by atoms with Crippen molar-refractivity contribution < 1.29 is 0 Å². The van der Waals surface area contributed by atoms with E-state index in [1.165, 1.54) is 18.5 Å². The molecule has 1 atom stereocenters. The summed E-state index contributed by atoms with van der Waals surface area (Å²) in [6.07, 6.45) is 10.2. The van der Waals surface area contributed by atoms with Gasteiger partial charge in [-0.15, -0.1) is 0 Å². The molecule has 2 aliphatic heterocycles. The van der Waals surface area contributed by atoms with Gasteiger partial charge < -0.3 is 10.6 Å². The molecule has 0 spiro atoms. The van der Waals surface area contributed by atoms with Gasteiger partial charge in [0, 0.05) is 38.7 Å². The molecule has 122 valence electrons. The molecule has 1 saturated heterocycles. The van der Waals surface area contributed by atoms with E-state index in [1.807, 2.05) is 36.9 Å². The third kappa shape index (κ3) is 2.88. The summed E-state index contributed by atoms with van der Waals surface area (Å²) in [6, 6.07) is 0. The summed E-state index contributed by atoms with van der Waals surface area (Å²) >= 11 is 0. The quantitative estimate of drug-likeness (QED) is 0.886. The second-order valence-electron chi connectivity index (χ2n) is 6.44. The first-order valence-corrected chi connectivity index (χ1v) is 8.33. The SMILES string of the molecule is CN1CC(c2cnc3c(NCC4CCNCC4)nccn23)C=N1. The summed E-state index contributed by atoms with van der Waals surface area (Å²) in [5.41, 5.74) is 2.07. The van der Waals surface area contributed by atoms with Crippen LogP contribution in [0, 0.1) is 5.92 Å². The van der Waals surface area contributed by atoms with Gasteiger partial charge in [-0.05, 0) is 31.8 Å². The Bertz CT molecular complexity index is 702. The fourth-order valence-electron chi connectivity index (χ4n) is 3.41. The van der Waals surface area contributed by atoms with Gasteiger partial charge >= 0.3 is 0 Å². The zero-order chi connectivity index (χ0) is 15.6. The Hall–Kier alpha value is -2.15. The predicted octanol–water partition coefficient (Wildman–Crippen LogP) is 1.16. The number of imidazole rings is 1. The number of fused-ring (bicyclic) bond motifs is 1. The van der Waals surface area contributed by atoms with Gasteiger partial charge in [0.05, 0.1) is 17.8 Å². The summed E-state index contributed by atoms with van der Waals surface area (Å²) in [4.78, 5) is 9.09. The average molecular weight is 313 g/mol. The second-order valence-corrected chi connectivity index (χ2v) is 6.44. The van der Waals surface area contributed by atoms with Crippen LogP contribution in [0.1, 0.15) is 24.5 Å². The van der Waals surface area contributed by atoms with Crippen molar-refractivity contribution in [3.63, 3.8) is 0 Å². The van der Waals surface area contributed by atoms with Crippen LogP contribution in [0.2, 0.25) is 0 Å². The van der Waals surface area contributed by atoms with E-state index in [1.54, 1.807) is 0 Å². The molecular formula is C16H23N7. The Morgan fingerprint density at radius 2 is 2.17 bits per heavy atom. The van der Waals surface area contributed by atoms with Crippen LogP contribution in [0.3, 0.4) is 0 Å². The summed E-state index contributed by atoms with van der Waals surface area (Å²) in [7, 11) is 1.99. The molecule has 4 heterocycles. The smallest absolute Gasteiger partial charge is 0.180 e. The minimum atomic E-state index is 0.287. The molecule has 0 bridgehead atoms. The van der Waals surface area contributed by atoms with Gasteiger partial charge in [-0.25, -0.2) is 9.97 Å². The number of anilines is 1. The van der Waals surface area contributed by atoms with Gasteiger partial charge in [-0.2, -0.15) is 5.10 Å². The number of nitrogens with one attached hydrogen (secondary N) is 2. The lowest BCUT2D eigenvalue weighted by Crippen LogP contribution is -2.31. The molecule has 2 aliphatic rings. The lowest BCUT2D eigenvalue weighted by atomic mass is 9.98. The van der Waals surface area contributed by atoms with Crippen LogP contribution in [-0.4, -0.2) is 58.8 Å². The zero-order valence-corrected chi connectivity index (χ0v) is 13.4. The Labute approximate surface area is 135 Å². The van der Waals surface area contributed by atoms with Gasteiger partial charge in [-0.1, -0.05) is 0 Å². The van der Waals surface area contributed by atoms with Crippen molar-refractivity contribution in [3.8, 4) is 0 Å². The van der Waals surface area contributed by atoms with Crippen LogP contribution in [0.4, 0.5) is 5.82 Å². The summed E-state index contributed by atoms with van der Waals surface area (Å²) in [6.45, 7) is 4.09. The van der Waals surface area contributed by atoms with Gasteiger partial charge in [0.25, 0.3) is 0 Å². The van der Waals surface area contributed by atoms with Crippen LogP contribution in [0.15, 0.2) is 23.7 Å². The molecule has 2 aromatic rings. The van der Waals surface area contributed by atoms with E-state index in [2.05, 4.69) is 30.1 Å². The maximum Gasteiger partial charge on any atom is 0.180 e. The van der Waals surface area contributed by atoms with Crippen molar-refractivity contribution in [2.45, 2.75) is 18.8 Å². The zero-order valence-electron chi connectivity index (χ0n) is 13.4. The molecule has 7 nitrogen and oxygen atoms in total. The average Bonchev–Trinajstić information content (AvgIpc) is 3.20. The maximum atomic E-state index is 4.60. The summed E-state index contributed by atoms with van der Waals surface area (Å²) in [5, 5.41) is 13.2. The molecule has 1 unspecified atom stereocenters. The number of hydrazone groups is 1. The Kier molecular flexibility index (Phi) is 3.87. The highest BCUT2D eigenvalue weighted by Crippen LogP contribution is 2.23. The molecule has 1 fully saturated rings. The van der Waals surface area contributed by atoms with Gasteiger partial charge in [0.15, 0.2) is 11.5 Å². The van der Waals surface area contributed by atoms with E-state index in [-0.39, 0.29) is 5.92 Å². The number of rotatable bonds is 4. The lowest BCUT2D eigenvalue weighted by molar-refractivity contribution is 0.380. The Morgan fingerprint density at radius 3 is 2.96 bits per heavy atom. The molecular weight excluding hydrogens is 290 g/mol. The van der Waals surface area contributed by atoms with Crippen molar-refractivity contribution in [3.05, 3.63) is 24.3 Å². The highest BCUT2D eigenvalue weighted by atomic mass is 15.4. The molecule has 7 heteroatoms. The van der Waals surface area contributed by atoms with Crippen LogP contribution in [-0.2, 0) is 0 Å². The minimum absolute atomic E-state index is 0.287. The molecule has 0 amide bonds. The normalized spacial score (nSPS) is 22.1. The fraction of sp³-hybridized carbons (Fsp3) is 0.562. The first-order valence-electron chi connectivity index (χ1n) is 8.33. The van der Waals surface area contributed by atoms with Crippen molar-refractivity contribution >= 4 is 17.7 Å². The number of nitrogens with zero attached hydrogens (tertiary/aromatic N) is 5. The lowest BCUT2D eigenvalue weighted by Gasteiger charge is -2.23. The summed E-state index contributed by atoms with van der Waals surface area (Å²) in [5.74, 6) is 1.87. The first kappa shape index (κ1) is 14.4. The first-order chi connectivity index (χ1) is 11.3. The van der Waals surface area contributed by atoms with Crippen LogP contribution in [0.5, 0.6) is 0 Å². The van der Waals surface area contributed by atoms with E-state index >= 15 is 0 Å². The Balaban J connectivity index is 1.54. The van der Waals surface area contributed by atoms with Gasteiger partial charge in [0.1, 0.15) is 0 Å². The van der Waals surface area contributed by atoms with E-state index in [0.717, 1.165) is 37.6 Å². The third-order valence-electron chi connectivity index (χ3n) is 4.76. The predicted molar refractivity (Wildman–Crippen MR) is 90.9 cm³/mol. The molecule has 2 N–H and O–H groups in total. The maximum absolute atomic E-state index is 4.60. The topological polar surface area (TPSA) is 69.9 Å². The highest BCUT2D eigenvalue weighted by molar-refractivity contribution is 5.71. The molecule has 0 aromatic carbocycles. The molecule has 0 saturated carbocycles. The summed E-state index contributed by atoms with van der Waals surface area (Å²) < 4.78 is 2.13. The van der Waals surface area contributed by atoms with Gasteiger partial charge in [-0.3, -0.25) is 9.41 Å².